The first-order valence-electron chi connectivity index (χ1n) is 4.88. The Labute approximate surface area is 113 Å². The molecule has 4 heteroatoms. The van der Waals surface area contributed by atoms with Crippen LogP contribution in [0.3, 0.4) is 0 Å². The van der Waals surface area contributed by atoms with E-state index < -0.39 is 0 Å². The van der Waals surface area contributed by atoms with Gasteiger partial charge in [0, 0.05) is 20.1 Å². The number of hydrogen-bond donors (Lipinski definition) is 1. The van der Waals surface area contributed by atoms with Crippen LogP contribution in [-0.4, -0.2) is 0 Å². The number of halogens is 2. The van der Waals surface area contributed by atoms with Gasteiger partial charge >= 0.3 is 0 Å². The lowest BCUT2D eigenvalue weighted by molar-refractivity contribution is 1.18. The number of benzene rings is 1. The molecule has 16 heavy (non-hydrogen) atoms. The molecular weight excluding hydrogens is 306 g/mol. The summed E-state index contributed by atoms with van der Waals surface area (Å²) in [5.74, 6) is 0. The van der Waals surface area contributed by atoms with E-state index >= 15 is 0 Å². The average Bonchev–Trinajstić information content (AvgIpc) is 2.66. The van der Waals surface area contributed by atoms with E-state index in [9.17, 15) is 0 Å². The molecule has 2 rings (SSSR count). The molecule has 0 aliphatic rings. The summed E-state index contributed by atoms with van der Waals surface area (Å²) in [6.45, 7) is 2.82. The fourth-order valence-corrected chi connectivity index (χ4v) is 2.95. The van der Waals surface area contributed by atoms with Crippen LogP contribution in [0.15, 0.2) is 34.1 Å². The van der Waals surface area contributed by atoms with Gasteiger partial charge < -0.3 is 5.32 Å². The van der Waals surface area contributed by atoms with Crippen LogP contribution in [0.4, 0.5) is 5.69 Å². The van der Waals surface area contributed by atoms with E-state index in [0.717, 1.165) is 27.3 Å². The van der Waals surface area contributed by atoms with Crippen molar-refractivity contribution in [3.8, 4) is 0 Å². The molecule has 0 atom stereocenters. The molecule has 0 radical (unpaired) electrons. The zero-order valence-electron chi connectivity index (χ0n) is 8.76. The van der Waals surface area contributed by atoms with Gasteiger partial charge in [0.25, 0.3) is 0 Å². The monoisotopic (exact) mass is 315 g/mol. The summed E-state index contributed by atoms with van der Waals surface area (Å²) < 4.78 is 1.16. The van der Waals surface area contributed by atoms with Crippen LogP contribution in [-0.2, 0) is 6.54 Å². The van der Waals surface area contributed by atoms with E-state index in [0.29, 0.717) is 0 Å². The topological polar surface area (TPSA) is 12.0 Å². The Morgan fingerprint density at radius 1 is 1.38 bits per heavy atom. The van der Waals surface area contributed by atoms with E-state index in [1.807, 2.05) is 25.1 Å². The number of aryl methyl sites for hydroxylation is 1. The maximum Gasteiger partial charge on any atom is 0.0505 e. The van der Waals surface area contributed by atoms with Crippen LogP contribution in [0.5, 0.6) is 0 Å². The molecule has 1 N–H and O–H groups in total. The Hall–Kier alpha value is -0.510. The van der Waals surface area contributed by atoms with E-state index in [1.54, 1.807) is 11.3 Å². The number of thiophene rings is 1. The number of hydrogen-bond acceptors (Lipinski definition) is 2. The largest absolute Gasteiger partial charge is 0.380 e. The second-order valence-corrected chi connectivity index (χ2v) is 5.77. The average molecular weight is 317 g/mol. The first kappa shape index (κ1) is 12.0. The molecule has 0 aliphatic heterocycles. The van der Waals surface area contributed by atoms with Crippen molar-refractivity contribution < 1.29 is 0 Å². The molecule has 0 saturated carbocycles. The highest BCUT2D eigenvalue weighted by Gasteiger charge is 2.02. The highest BCUT2D eigenvalue weighted by atomic mass is 79.9. The van der Waals surface area contributed by atoms with Crippen LogP contribution in [0, 0.1) is 6.92 Å². The fraction of sp³-hybridized carbons (Fsp3) is 0.167. The van der Waals surface area contributed by atoms with Crippen molar-refractivity contribution in [2.75, 3.05) is 5.32 Å². The second-order valence-electron chi connectivity index (χ2n) is 3.51. The maximum absolute atomic E-state index is 6.06. The first-order valence-corrected chi connectivity index (χ1v) is 6.94. The van der Waals surface area contributed by atoms with Crippen LogP contribution in [0.1, 0.15) is 10.4 Å². The third-order valence-electron chi connectivity index (χ3n) is 2.32. The van der Waals surface area contributed by atoms with Crippen molar-refractivity contribution in [3.05, 3.63) is 49.6 Å². The van der Waals surface area contributed by atoms with E-state index in [-0.39, 0.29) is 0 Å². The van der Waals surface area contributed by atoms with Crippen molar-refractivity contribution in [3.63, 3.8) is 0 Å². The Balaban J connectivity index is 2.05. The molecule has 0 unspecified atom stereocenters. The summed E-state index contributed by atoms with van der Waals surface area (Å²) in [7, 11) is 0. The van der Waals surface area contributed by atoms with Gasteiger partial charge in [0.1, 0.15) is 0 Å². The number of anilines is 1. The Morgan fingerprint density at radius 2 is 2.19 bits per heavy atom. The molecule has 0 spiro atoms. The summed E-state index contributed by atoms with van der Waals surface area (Å²) >= 11 is 11.3. The van der Waals surface area contributed by atoms with E-state index in [2.05, 4.69) is 32.7 Å². The van der Waals surface area contributed by atoms with Crippen molar-refractivity contribution in [2.24, 2.45) is 0 Å². The van der Waals surface area contributed by atoms with Gasteiger partial charge in [-0.1, -0.05) is 17.7 Å². The molecule has 1 aromatic heterocycles. The molecule has 0 fully saturated rings. The Bertz CT molecular complexity index is 496. The molecule has 1 heterocycles. The lowest BCUT2D eigenvalue weighted by atomic mass is 10.2. The second kappa shape index (κ2) is 5.21. The summed E-state index contributed by atoms with van der Waals surface area (Å²) in [6.07, 6.45) is 0. The van der Waals surface area contributed by atoms with Gasteiger partial charge in [-0.2, -0.15) is 0 Å². The summed E-state index contributed by atoms with van der Waals surface area (Å²) in [6, 6.07) is 8.08. The summed E-state index contributed by atoms with van der Waals surface area (Å²) in [5, 5.41) is 6.23. The molecular formula is C12H11BrClNS. The Morgan fingerprint density at radius 3 is 2.81 bits per heavy atom. The van der Waals surface area contributed by atoms with Crippen LogP contribution in [0.25, 0.3) is 0 Å². The quantitative estimate of drug-likeness (QED) is 0.832. The van der Waals surface area contributed by atoms with Crippen molar-refractivity contribution in [1.82, 2.24) is 0 Å². The highest BCUT2D eigenvalue weighted by molar-refractivity contribution is 9.10. The van der Waals surface area contributed by atoms with E-state index in [1.165, 1.54) is 4.88 Å². The molecule has 0 aliphatic carbocycles. The summed E-state index contributed by atoms with van der Waals surface area (Å²) in [4.78, 5) is 1.29. The Kier molecular flexibility index (Phi) is 3.90. The lowest BCUT2D eigenvalue weighted by Crippen LogP contribution is -1.97. The van der Waals surface area contributed by atoms with Gasteiger partial charge in [0.2, 0.25) is 0 Å². The van der Waals surface area contributed by atoms with Crippen molar-refractivity contribution >= 4 is 44.6 Å². The number of nitrogens with one attached hydrogen (secondary N) is 1. The van der Waals surface area contributed by atoms with Gasteiger partial charge in [-0.05, 0) is 52.0 Å². The van der Waals surface area contributed by atoms with Gasteiger partial charge in [-0.3, -0.25) is 0 Å². The smallest absolute Gasteiger partial charge is 0.0505 e. The van der Waals surface area contributed by atoms with Crippen molar-refractivity contribution in [1.29, 1.82) is 0 Å². The first-order chi connectivity index (χ1) is 7.66. The van der Waals surface area contributed by atoms with Gasteiger partial charge in [-0.15, -0.1) is 11.3 Å². The number of rotatable bonds is 3. The molecule has 84 valence electrons. The molecule has 2 aromatic rings. The minimum absolute atomic E-state index is 0.801. The standard InChI is InChI=1S/C12H11BrClNS/c1-8-2-3-9(6-11(8)14)15-7-12-10(13)4-5-16-12/h2-6,15H,7H2,1H3. The van der Waals surface area contributed by atoms with E-state index in [4.69, 9.17) is 11.6 Å². The fourth-order valence-electron chi connectivity index (χ4n) is 1.34. The molecule has 1 aromatic carbocycles. The highest BCUT2D eigenvalue weighted by Crippen LogP contribution is 2.25. The predicted octanol–water partition coefficient (Wildman–Crippen LogP) is 5.08. The van der Waals surface area contributed by atoms with Crippen molar-refractivity contribution in [2.45, 2.75) is 13.5 Å². The predicted molar refractivity (Wildman–Crippen MR) is 75.5 cm³/mol. The van der Waals surface area contributed by atoms with Gasteiger partial charge in [0.15, 0.2) is 0 Å². The van der Waals surface area contributed by atoms with Crippen LogP contribution < -0.4 is 5.32 Å². The minimum Gasteiger partial charge on any atom is -0.380 e. The summed E-state index contributed by atoms with van der Waals surface area (Å²) in [5.41, 5.74) is 2.15. The minimum atomic E-state index is 0.801. The van der Waals surface area contributed by atoms with Gasteiger partial charge in [0.05, 0.1) is 6.54 Å². The third-order valence-corrected chi connectivity index (χ3v) is 4.65. The molecule has 1 nitrogen and oxygen atoms in total. The van der Waals surface area contributed by atoms with Gasteiger partial charge in [-0.25, -0.2) is 0 Å². The molecule has 0 bridgehead atoms. The SMILES string of the molecule is Cc1ccc(NCc2sccc2Br)cc1Cl. The zero-order chi connectivity index (χ0) is 11.5. The maximum atomic E-state index is 6.06. The van der Waals surface area contributed by atoms with Crippen LogP contribution in [0.2, 0.25) is 5.02 Å². The zero-order valence-corrected chi connectivity index (χ0v) is 11.9. The normalized spacial score (nSPS) is 10.4. The lowest BCUT2D eigenvalue weighted by Gasteiger charge is -2.07. The molecule has 0 amide bonds. The molecule has 0 saturated heterocycles. The van der Waals surface area contributed by atoms with Crippen LogP contribution >= 0.6 is 38.9 Å². The third kappa shape index (κ3) is 2.78.